The molecule has 8 heteroatoms. The van der Waals surface area contributed by atoms with Crippen LogP contribution in [0.1, 0.15) is 5.56 Å². The molecular weight excluding hydrogens is 270 g/mol. The van der Waals surface area contributed by atoms with Crippen molar-refractivity contribution in [2.45, 2.75) is 11.1 Å². The summed E-state index contributed by atoms with van der Waals surface area (Å²) in [6.07, 6.45) is -4.73. The van der Waals surface area contributed by atoms with Crippen molar-refractivity contribution in [1.29, 1.82) is 0 Å². The van der Waals surface area contributed by atoms with Crippen LogP contribution < -0.4 is 4.72 Å². The van der Waals surface area contributed by atoms with E-state index in [1.807, 2.05) is 4.72 Å². The molecule has 0 saturated carbocycles. The number of nitrogens with one attached hydrogen (secondary N) is 1. The number of carbonyl (C=O) groups is 1. The highest BCUT2D eigenvalue weighted by atomic mass is 35.5. The van der Waals surface area contributed by atoms with Crippen LogP contribution in [0.4, 0.5) is 22.4 Å². The second kappa shape index (κ2) is 4.92. The van der Waals surface area contributed by atoms with E-state index in [1.54, 1.807) is 0 Å². The largest absolute Gasteiger partial charge is 0.419 e. The molecule has 0 saturated heterocycles. The molecule has 0 aliphatic rings. The highest BCUT2D eigenvalue weighted by molar-refractivity contribution is 7.98. The zero-order chi connectivity index (χ0) is 12.3. The van der Waals surface area contributed by atoms with E-state index >= 15 is 0 Å². The Bertz CT molecular complexity index is 410. The quantitative estimate of drug-likeness (QED) is 0.384. The molecule has 0 aliphatic heterocycles. The molecule has 0 atom stereocenters. The Morgan fingerprint density at radius 2 is 2.00 bits per heavy atom. The van der Waals surface area contributed by atoms with Crippen molar-refractivity contribution in [1.82, 2.24) is 4.72 Å². The van der Waals surface area contributed by atoms with E-state index in [1.165, 1.54) is 0 Å². The zero-order valence-corrected chi connectivity index (χ0v) is 9.01. The van der Waals surface area contributed by atoms with Crippen molar-refractivity contribution in [3.8, 4) is 0 Å². The molecule has 1 amide bonds. The van der Waals surface area contributed by atoms with Gasteiger partial charge in [0.2, 0.25) is 0 Å². The van der Waals surface area contributed by atoms with E-state index < -0.39 is 22.9 Å². The monoisotopic (exact) mass is 273 g/mol. The molecule has 88 valence electrons. The maximum Gasteiger partial charge on any atom is 0.419 e. The fourth-order valence-corrected chi connectivity index (χ4v) is 1.50. The SMILES string of the molecule is O=C(Cl)NSc1ccc(C(F)(F)F)c(F)c1. The molecule has 1 rings (SSSR count). The molecule has 0 spiro atoms. The molecule has 0 radical (unpaired) electrons. The van der Waals surface area contributed by atoms with E-state index in [0.717, 1.165) is 6.07 Å². The number of amides is 1. The molecule has 2 nitrogen and oxygen atoms in total. The van der Waals surface area contributed by atoms with E-state index in [2.05, 4.69) is 0 Å². The fraction of sp³-hybridized carbons (Fsp3) is 0.125. The molecule has 0 unspecified atom stereocenters. The second-order valence-electron chi connectivity index (χ2n) is 2.62. The minimum Gasteiger partial charge on any atom is -0.282 e. The lowest BCUT2D eigenvalue weighted by atomic mass is 10.2. The highest BCUT2D eigenvalue weighted by Crippen LogP contribution is 2.32. The number of halogens is 5. The first-order chi connectivity index (χ1) is 7.30. The third-order valence-corrected chi connectivity index (χ3v) is 2.48. The highest BCUT2D eigenvalue weighted by Gasteiger charge is 2.33. The van der Waals surface area contributed by atoms with Gasteiger partial charge in [0.05, 0.1) is 5.56 Å². The van der Waals surface area contributed by atoms with Gasteiger partial charge in [-0.1, -0.05) is 0 Å². The Morgan fingerprint density at radius 3 is 2.44 bits per heavy atom. The topological polar surface area (TPSA) is 29.1 Å². The zero-order valence-electron chi connectivity index (χ0n) is 7.44. The van der Waals surface area contributed by atoms with Crippen LogP contribution >= 0.6 is 23.5 Å². The Balaban J connectivity index is 2.87. The Hall–Kier alpha value is -0.950. The summed E-state index contributed by atoms with van der Waals surface area (Å²) in [5.41, 5.74) is -1.35. The summed E-state index contributed by atoms with van der Waals surface area (Å²) in [7, 11) is 0. The van der Waals surface area contributed by atoms with Gasteiger partial charge in [0.1, 0.15) is 5.82 Å². The van der Waals surface area contributed by atoms with Crippen LogP contribution in [0.5, 0.6) is 0 Å². The van der Waals surface area contributed by atoms with Gasteiger partial charge in [-0.05, 0) is 41.7 Å². The van der Waals surface area contributed by atoms with Crippen LogP contribution in [0.25, 0.3) is 0 Å². The minimum atomic E-state index is -4.73. The van der Waals surface area contributed by atoms with Crippen molar-refractivity contribution >= 4 is 28.9 Å². The summed E-state index contributed by atoms with van der Waals surface area (Å²) in [6.45, 7) is 0. The van der Waals surface area contributed by atoms with Gasteiger partial charge in [0, 0.05) is 4.90 Å². The van der Waals surface area contributed by atoms with Gasteiger partial charge < -0.3 is 0 Å². The van der Waals surface area contributed by atoms with Gasteiger partial charge in [-0.25, -0.2) is 4.39 Å². The third-order valence-electron chi connectivity index (χ3n) is 1.50. The van der Waals surface area contributed by atoms with Crippen LogP contribution in [0, 0.1) is 5.82 Å². The van der Waals surface area contributed by atoms with E-state index in [0.29, 0.717) is 24.1 Å². The van der Waals surface area contributed by atoms with Gasteiger partial charge >= 0.3 is 11.5 Å². The van der Waals surface area contributed by atoms with Crippen molar-refractivity contribution in [2.75, 3.05) is 0 Å². The number of carbonyl (C=O) groups excluding carboxylic acids is 1. The average Bonchev–Trinajstić information content (AvgIpc) is 2.12. The number of rotatable bonds is 2. The van der Waals surface area contributed by atoms with Crippen molar-refractivity contribution < 1.29 is 22.4 Å². The maximum absolute atomic E-state index is 13.0. The molecule has 1 aromatic carbocycles. The van der Waals surface area contributed by atoms with Crippen LogP contribution in [0.3, 0.4) is 0 Å². The molecule has 0 bridgehead atoms. The summed E-state index contributed by atoms with van der Waals surface area (Å²) < 4.78 is 51.5. The van der Waals surface area contributed by atoms with Gasteiger partial charge in [-0.3, -0.25) is 9.52 Å². The van der Waals surface area contributed by atoms with Gasteiger partial charge in [-0.2, -0.15) is 13.2 Å². The lowest BCUT2D eigenvalue weighted by Crippen LogP contribution is -2.09. The van der Waals surface area contributed by atoms with Crippen LogP contribution in [0.15, 0.2) is 23.1 Å². The first-order valence-corrected chi connectivity index (χ1v) is 4.99. The molecule has 0 fully saturated rings. The molecule has 1 N–H and O–H groups in total. The Kier molecular flexibility index (Phi) is 4.03. The normalized spacial score (nSPS) is 11.3. The average molecular weight is 274 g/mol. The second-order valence-corrected chi connectivity index (χ2v) is 3.84. The molecule has 0 aromatic heterocycles. The van der Waals surface area contributed by atoms with Crippen molar-refractivity contribution in [3.63, 3.8) is 0 Å². The van der Waals surface area contributed by atoms with Crippen molar-refractivity contribution in [2.24, 2.45) is 0 Å². The first-order valence-electron chi connectivity index (χ1n) is 3.80. The Morgan fingerprint density at radius 1 is 1.38 bits per heavy atom. The predicted octanol–water partition coefficient (Wildman–Crippen LogP) is 3.80. The lowest BCUT2D eigenvalue weighted by molar-refractivity contribution is -0.140. The fourth-order valence-electron chi connectivity index (χ4n) is 0.888. The molecule has 1 aromatic rings. The summed E-state index contributed by atoms with van der Waals surface area (Å²) in [5.74, 6) is -1.40. The third kappa shape index (κ3) is 3.57. The molecule has 0 heterocycles. The smallest absolute Gasteiger partial charge is 0.282 e. The van der Waals surface area contributed by atoms with E-state index in [9.17, 15) is 22.4 Å². The standard InChI is InChI=1S/C8H4ClF4NOS/c9-7(15)14-16-4-1-2-5(6(10)3-4)8(11,12)13/h1-3H,(H,14,15). The number of alkyl halides is 3. The van der Waals surface area contributed by atoms with Gasteiger partial charge in [-0.15, -0.1) is 0 Å². The Labute approximate surface area is 97.1 Å². The van der Waals surface area contributed by atoms with Crippen molar-refractivity contribution in [3.05, 3.63) is 29.6 Å². The maximum atomic E-state index is 13.0. The molecule has 16 heavy (non-hydrogen) atoms. The van der Waals surface area contributed by atoms with Crippen LogP contribution in [-0.2, 0) is 6.18 Å². The summed E-state index contributed by atoms with van der Waals surface area (Å²) >= 11 is 5.55. The lowest BCUT2D eigenvalue weighted by Gasteiger charge is -2.08. The molecule has 0 aliphatic carbocycles. The summed E-state index contributed by atoms with van der Waals surface area (Å²) in [6, 6.07) is 2.29. The summed E-state index contributed by atoms with van der Waals surface area (Å²) in [4.78, 5) is 10.4. The minimum absolute atomic E-state index is 0.111. The van der Waals surface area contributed by atoms with Gasteiger partial charge in [0.25, 0.3) is 0 Å². The first kappa shape index (κ1) is 13.1. The molecular formula is C8H4ClF4NOS. The predicted molar refractivity (Wildman–Crippen MR) is 51.6 cm³/mol. The van der Waals surface area contributed by atoms with E-state index in [4.69, 9.17) is 11.6 Å². The number of hydrogen-bond acceptors (Lipinski definition) is 2. The van der Waals surface area contributed by atoms with Crippen LogP contribution in [0.2, 0.25) is 0 Å². The van der Waals surface area contributed by atoms with Gasteiger partial charge in [0.15, 0.2) is 0 Å². The number of hydrogen-bond donors (Lipinski definition) is 1. The summed E-state index contributed by atoms with van der Waals surface area (Å²) in [5, 5.41) is -0.898. The number of benzene rings is 1. The van der Waals surface area contributed by atoms with E-state index in [-0.39, 0.29) is 4.90 Å². The van der Waals surface area contributed by atoms with Crippen LogP contribution in [-0.4, -0.2) is 5.37 Å².